The van der Waals surface area contributed by atoms with Crippen molar-refractivity contribution < 1.29 is 9.59 Å². The van der Waals surface area contributed by atoms with E-state index in [2.05, 4.69) is 63.4 Å². The number of rotatable bonds is 10. The van der Waals surface area contributed by atoms with E-state index in [4.69, 9.17) is 0 Å². The molecule has 7 nitrogen and oxygen atoms in total. The number of likely N-dealkylation sites (tertiary alicyclic amines) is 1. The molecule has 2 N–H and O–H groups in total. The van der Waals surface area contributed by atoms with E-state index in [0.29, 0.717) is 13.1 Å². The molecule has 1 aliphatic heterocycles. The topological polar surface area (TPSA) is 67.9 Å². The first-order valence-corrected chi connectivity index (χ1v) is 10.8. The first-order chi connectivity index (χ1) is 14.0. The summed E-state index contributed by atoms with van der Waals surface area (Å²) in [5, 5.41) is 5.57. The molecule has 29 heavy (non-hydrogen) atoms. The minimum Gasteiger partial charge on any atom is -0.378 e. The highest BCUT2D eigenvalue weighted by Gasteiger charge is 2.25. The summed E-state index contributed by atoms with van der Waals surface area (Å²) in [6.45, 7) is 9.74. The van der Waals surface area contributed by atoms with Crippen LogP contribution in [0.2, 0.25) is 0 Å². The van der Waals surface area contributed by atoms with Crippen molar-refractivity contribution in [1.29, 1.82) is 0 Å². The van der Waals surface area contributed by atoms with Gasteiger partial charge in [0.1, 0.15) is 0 Å². The minimum atomic E-state index is -0.557. The number of nitrogens with zero attached hydrogens (tertiary/aromatic N) is 3. The van der Waals surface area contributed by atoms with Crippen LogP contribution in [0.5, 0.6) is 0 Å². The maximum absolute atomic E-state index is 12.3. The third-order valence-electron chi connectivity index (χ3n) is 5.65. The molecule has 1 atom stereocenters. The van der Waals surface area contributed by atoms with Crippen LogP contribution in [0.3, 0.4) is 0 Å². The molecule has 0 saturated carbocycles. The fraction of sp³-hybridized carbons (Fsp3) is 0.636. The molecule has 1 fully saturated rings. The van der Waals surface area contributed by atoms with Crippen LogP contribution < -0.4 is 15.5 Å². The van der Waals surface area contributed by atoms with Gasteiger partial charge in [0.25, 0.3) is 0 Å². The number of carbonyl (C=O) groups is 2. The molecule has 0 unspecified atom stereocenters. The number of nitrogens with one attached hydrogen (secondary N) is 2. The average molecular weight is 404 g/mol. The summed E-state index contributed by atoms with van der Waals surface area (Å²) < 4.78 is 0. The Bertz CT molecular complexity index is 637. The van der Waals surface area contributed by atoms with E-state index in [1.807, 2.05) is 14.1 Å². The lowest BCUT2D eigenvalue weighted by atomic mass is 10.0. The third kappa shape index (κ3) is 7.01. The highest BCUT2D eigenvalue weighted by atomic mass is 16.2. The molecule has 0 aliphatic carbocycles. The monoisotopic (exact) mass is 403 g/mol. The number of anilines is 1. The zero-order valence-electron chi connectivity index (χ0n) is 18.4. The Kier molecular flexibility index (Phi) is 9.41. The first-order valence-electron chi connectivity index (χ1n) is 10.8. The van der Waals surface area contributed by atoms with Crippen molar-refractivity contribution in [1.82, 2.24) is 20.4 Å². The van der Waals surface area contributed by atoms with Crippen molar-refractivity contribution in [2.24, 2.45) is 0 Å². The zero-order valence-corrected chi connectivity index (χ0v) is 18.4. The maximum atomic E-state index is 12.3. The lowest BCUT2D eigenvalue weighted by Gasteiger charge is -2.28. The van der Waals surface area contributed by atoms with Gasteiger partial charge >= 0.3 is 11.8 Å². The van der Waals surface area contributed by atoms with Crippen LogP contribution in [-0.4, -0.2) is 81.5 Å². The zero-order chi connectivity index (χ0) is 21.2. The highest BCUT2D eigenvalue weighted by molar-refractivity contribution is 6.35. The second-order valence-corrected chi connectivity index (χ2v) is 7.74. The van der Waals surface area contributed by atoms with E-state index in [-0.39, 0.29) is 6.04 Å². The van der Waals surface area contributed by atoms with Crippen molar-refractivity contribution in [3.8, 4) is 0 Å². The van der Waals surface area contributed by atoms with Gasteiger partial charge in [-0.05, 0) is 56.7 Å². The predicted molar refractivity (Wildman–Crippen MR) is 118 cm³/mol. The molecule has 1 saturated heterocycles. The number of benzene rings is 1. The van der Waals surface area contributed by atoms with Gasteiger partial charge in [0.15, 0.2) is 0 Å². The lowest BCUT2D eigenvalue weighted by Crippen LogP contribution is -2.45. The van der Waals surface area contributed by atoms with E-state index in [0.717, 1.165) is 38.4 Å². The normalized spacial score (nSPS) is 15.3. The summed E-state index contributed by atoms with van der Waals surface area (Å²) in [7, 11) is 4.04. The van der Waals surface area contributed by atoms with Crippen molar-refractivity contribution in [2.75, 3.05) is 64.8 Å². The molecule has 1 heterocycles. The Balaban J connectivity index is 1.91. The molecule has 1 aromatic carbocycles. The average Bonchev–Trinajstić information content (AvgIpc) is 3.26. The largest absolute Gasteiger partial charge is 0.378 e. The van der Waals surface area contributed by atoms with Crippen molar-refractivity contribution in [3.63, 3.8) is 0 Å². The Morgan fingerprint density at radius 3 is 2.14 bits per heavy atom. The fourth-order valence-electron chi connectivity index (χ4n) is 3.72. The van der Waals surface area contributed by atoms with Crippen LogP contribution in [0.15, 0.2) is 24.3 Å². The Hall–Kier alpha value is -2.12. The molecule has 7 heteroatoms. The molecule has 2 amide bonds. The quantitative estimate of drug-likeness (QED) is 0.579. The second-order valence-electron chi connectivity index (χ2n) is 7.74. The molecular weight excluding hydrogens is 366 g/mol. The van der Waals surface area contributed by atoms with Crippen LogP contribution in [0.4, 0.5) is 5.69 Å². The molecule has 0 spiro atoms. The van der Waals surface area contributed by atoms with E-state index in [1.54, 1.807) is 0 Å². The van der Waals surface area contributed by atoms with Crippen molar-refractivity contribution in [2.45, 2.75) is 32.7 Å². The summed E-state index contributed by atoms with van der Waals surface area (Å²) in [6, 6.07) is 8.52. The van der Waals surface area contributed by atoms with Crippen LogP contribution in [0.25, 0.3) is 0 Å². The summed E-state index contributed by atoms with van der Waals surface area (Å²) >= 11 is 0. The van der Waals surface area contributed by atoms with Gasteiger partial charge in [0.2, 0.25) is 0 Å². The molecule has 0 radical (unpaired) electrons. The number of hydrogen-bond donors (Lipinski definition) is 2. The lowest BCUT2D eigenvalue weighted by molar-refractivity contribution is -0.139. The Morgan fingerprint density at radius 1 is 1.00 bits per heavy atom. The Labute approximate surface area is 175 Å². The van der Waals surface area contributed by atoms with Crippen LogP contribution in [0.1, 0.15) is 38.3 Å². The summed E-state index contributed by atoms with van der Waals surface area (Å²) in [6.07, 6.45) is 2.35. The number of likely N-dealkylation sites (N-methyl/N-ethyl adjacent to an activating group) is 1. The predicted octanol–water partition coefficient (Wildman–Crippen LogP) is 1.46. The summed E-state index contributed by atoms with van der Waals surface area (Å²) in [5.74, 6) is -1.11. The number of amides is 2. The smallest absolute Gasteiger partial charge is 0.309 e. The maximum Gasteiger partial charge on any atom is 0.309 e. The van der Waals surface area contributed by atoms with E-state index >= 15 is 0 Å². The van der Waals surface area contributed by atoms with E-state index in [1.165, 1.54) is 18.4 Å². The third-order valence-corrected chi connectivity index (χ3v) is 5.65. The van der Waals surface area contributed by atoms with Crippen LogP contribution in [0, 0.1) is 0 Å². The van der Waals surface area contributed by atoms with Gasteiger partial charge in [-0.15, -0.1) is 0 Å². The van der Waals surface area contributed by atoms with Gasteiger partial charge in [-0.3, -0.25) is 14.5 Å². The molecule has 1 aromatic rings. The molecule has 0 aromatic heterocycles. The standard InChI is InChI=1S/C22H37N5O2/c1-5-26(6-2)16-13-23-21(28)22(29)24-17-20(27-14-7-8-15-27)18-9-11-19(12-10-18)25(3)4/h9-12,20H,5-8,13-17H2,1-4H3,(H,23,28)(H,24,29)/t20-/m0/s1. The molecule has 2 rings (SSSR count). The van der Waals surface area contributed by atoms with Gasteiger partial charge < -0.3 is 20.4 Å². The van der Waals surface area contributed by atoms with E-state index in [9.17, 15) is 9.59 Å². The number of carbonyl (C=O) groups excluding carboxylic acids is 2. The summed E-state index contributed by atoms with van der Waals surface area (Å²) in [4.78, 5) is 31.1. The summed E-state index contributed by atoms with van der Waals surface area (Å²) in [5.41, 5.74) is 2.31. The van der Waals surface area contributed by atoms with Crippen LogP contribution in [-0.2, 0) is 9.59 Å². The van der Waals surface area contributed by atoms with Gasteiger partial charge in [-0.2, -0.15) is 0 Å². The van der Waals surface area contributed by atoms with Crippen molar-refractivity contribution in [3.05, 3.63) is 29.8 Å². The Morgan fingerprint density at radius 2 is 1.59 bits per heavy atom. The fourth-order valence-corrected chi connectivity index (χ4v) is 3.72. The van der Waals surface area contributed by atoms with Gasteiger partial charge in [0.05, 0.1) is 6.04 Å². The van der Waals surface area contributed by atoms with Gasteiger partial charge in [0, 0.05) is 39.4 Å². The van der Waals surface area contributed by atoms with Crippen molar-refractivity contribution >= 4 is 17.5 Å². The first kappa shape index (κ1) is 23.2. The SMILES string of the molecule is CCN(CC)CCNC(=O)C(=O)NC[C@@H](c1ccc(N(C)C)cc1)N1CCCC1. The number of hydrogen-bond acceptors (Lipinski definition) is 5. The van der Waals surface area contributed by atoms with E-state index < -0.39 is 11.8 Å². The van der Waals surface area contributed by atoms with Crippen LogP contribution >= 0.6 is 0 Å². The molecule has 1 aliphatic rings. The highest BCUT2D eigenvalue weighted by Crippen LogP contribution is 2.26. The van der Waals surface area contributed by atoms with Gasteiger partial charge in [-0.1, -0.05) is 26.0 Å². The minimum absolute atomic E-state index is 0.0844. The molecule has 0 bridgehead atoms. The molecular formula is C22H37N5O2. The molecule has 162 valence electrons. The second kappa shape index (κ2) is 11.8. The van der Waals surface area contributed by atoms with Gasteiger partial charge in [-0.25, -0.2) is 0 Å².